The zero-order chi connectivity index (χ0) is 17.5. The van der Waals surface area contributed by atoms with Crippen LogP contribution in [0.15, 0.2) is 54.6 Å². The van der Waals surface area contributed by atoms with Gasteiger partial charge in [0.15, 0.2) is 12.7 Å². The van der Waals surface area contributed by atoms with E-state index in [1.807, 2.05) is 0 Å². The molecule has 0 spiro atoms. The van der Waals surface area contributed by atoms with Crippen LogP contribution in [0.5, 0.6) is 5.75 Å². The average molecular weight is 327 g/mol. The number of hydrogen-bond acceptors (Lipinski definition) is 5. The van der Waals surface area contributed by atoms with Crippen molar-refractivity contribution in [2.24, 2.45) is 5.73 Å². The number of Topliss-reactive ketones (excluding diaryl/α,β-unsaturated/α-hetero) is 1. The van der Waals surface area contributed by atoms with Crippen LogP contribution in [-0.2, 0) is 14.3 Å². The van der Waals surface area contributed by atoms with Gasteiger partial charge in [-0.2, -0.15) is 0 Å². The summed E-state index contributed by atoms with van der Waals surface area (Å²) in [5.74, 6) is -1.19. The summed E-state index contributed by atoms with van der Waals surface area (Å²) in [6, 6.07) is 15.0. The first kappa shape index (κ1) is 17.2. The molecule has 124 valence electrons. The van der Waals surface area contributed by atoms with Crippen molar-refractivity contribution in [3.8, 4) is 5.75 Å². The molecule has 0 bridgehead atoms. The molecule has 24 heavy (non-hydrogen) atoms. The first-order chi connectivity index (χ1) is 11.5. The van der Waals surface area contributed by atoms with Gasteiger partial charge in [-0.05, 0) is 12.1 Å². The molecule has 0 aliphatic rings. The fraction of sp³-hybridized carbons (Fsp3) is 0.167. The molecular formula is C18H17NO5. The van der Waals surface area contributed by atoms with E-state index in [1.54, 1.807) is 48.5 Å². The lowest BCUT2D eigenvalue weighted by atomic mass is 9.99. The Kier molecular flexibility index (Phi) is 5.68. The third-order valence-corrected chi connectivity index (χ3v) is 3.12. The second kappa shape index (κ2) is 7.92. The molecule has 0 fully saturated rings. The molecule has 0 saturated carbocycles. The number of hydrogen-bond donors (Lipinski definition) is 1. The van der Waals surface area contributed by atoms with Gasteiger partial charge in [0.05, 0.1) is 0 Å². The van der Waals surface area contributed by atoms with Crippen molar-refractivity contribution in [3.05, 3.63) is 65.7 Å². The Balaban J connectivity index is 2.31. The average Bonchev–Trinajstić information content (AvgIpc) is 2.58. The molecule has 0 aliphatic heterocycles. The van der Waals surface area contributed by atoms with Gasteiger partial charge in [-0.3, -0.25) is 14.4 Å². The number of esters is 1. The predicted molar refractivity (Wildman–Crippen MR) is 86.4 cm³/mol. The molecule has 1 atom stereocenters. The van der Waals surface area contributed by atoms with E-state index >= 15 is 0 Å². The van der Waals surface area contributed by atoms with Gasteiger partial charge in [-0.15, -0.1) is 0 Å². The zero-order valence-electron chi connectivity index (χ0n) is 13.1. The quantitative estimate of drug-likeness (QED) is 0.620. The summed E-state index contributed by atoms with van der Waals surface area (Å²) in [7, 11) is 0. The number of ketones is 1. The lowest BCUT2D eigenvalue weighted by molar-refractivity contribution is -0.144. The summed E-state index contributed by atoms with van der Waals surface area (Å²) < 4.78 is 10.4. The van der Waals surface area contributed by atoms with Crippen LogP contribution in [0, 0.1) is 0 Å². The number of carbonyl (C=O) groups is 3. The van der Waals surface area contributed by atoms with E-state index in [0.717, 1.165) is 0 Å². The Hall–Kier alpha value is -3.15. The highest BCUT2D eigenvalue weighted by Gasteiger charge is 2.25. The molecule has 0 radical (unpaired) electrons. The third-order valence-electron chi connectivity index (χ3n) is 3.12. The number of benzene rings is 2. The van der Waals surface area contributed by atoms with Gasteiger partial charge in [-0.25, -0.2) is 0 Å². The first-order valence-electron chi connectivity index (χ1n) is 7.25. The van der Waals surface area contributed by atoms with Crippen molar-refractivity contribution in [2.45, 2.75) is 13.0 Å². The van der Waals surface area contributed by atoms with Gasteiger partial charge < -0.3 is 15.2 Å². The number of carbonyl (C=O) groups excluding carboxylic acids is 3. The van der Waals surface area contributed by atoms with Crippen molar-refractivity contribution in [3.63, 3.8) is 0 Å². The molecular weight excluding hydrogens is 310 g/mol. The Labute approximate surface area is 139 Å². The molecule has 6 nitrogen and oxygen atoms in total. The van der Waals surface area contributed by atoms with Crippen molar-refractivity contribution in [1.82, 2.24) is 0 Å². The fourth-order valence-corrected chi connectivity index (χ4v) is 2.11. The van der Waals surface area contributed by atoms with Crippen LogP contribution >= 0.6 is 0 Å². The molecule has 1 unspecified atom stereocenters. The second-order valence-corrected chi connectivity index (χ2v) is 5.05. The monoisotopic (exact) mass is 327 g/mol. The minimum atomic E-state index is -1.10. The summed E-state index contributed by atoms with van der Waals surface area (Å²) in [4.78, 5) is 34.9. The van der Waals surface area contributed by atoms with Crippen LogP contribution < -0.4 is 10.5 Å². The van der Waals surface area contributed by atoms with E-state index in [2.05, 4.69) is 0 Å². The van der Waals surface area contributed by atoms with Crippen LogP contribution in [0.4, 0.5) is 0 Å². The molecule has 2 rings (SSSR count). The predicted octanol–water partition coefficient (Wildman–Crippen LogP) is 2.04. The highest BCUT2D eigenvalue weighted by Crippen LogP contribution is 2.26. The van der Waals surface area contributed by atoms with Gasteiger partial charge >= 0.3 is 5.97 Å². The van der Waals surface area contributed by atoms with Crippen LogP contribution in [0.25, 0.3) is 0 Å². The van der Waals surface area contributed by atoms with E-state index in [4.69, 9.17) is 15.2 Å². The fourth-order valence-electron chi connectivity index (χ4n) is 2.11. The lowest BCUT2D eigenvalue weighted by Gasteiger charge is -2.17. The van der Waals surface area contributed by atoms with E-state index in [-0.39, 0.29) is 12.4 Å². The minimum Gasteiger partial charge on any atom is -0.484 e. The van der Waals surface area contributed by atoms with Gasteiger partial charge in [-0.1, -0.05) is 42.5 Å². The molecule has 6 heteroatoms. The van der Waals surface area contributed by atoms with E-state index in [0.29, 0.717) is 16.9 Å². The number of ether oxygens (including phenoxy) is 2. The topological polar surface area (TPSA) is 95.7 Å². The molecule has 0 saturated heterocycles. The standard InChI is InChI=1S/C18H17NO5/c1-12(20)24-18(17(22)13-6-3-2-4-7-13)14-8-5-9-15(10-14)23-11-16(19)21/h2-10,18H,11H2,1H3,(H2,19,21). The summed E-state index contributed by atoms with van der Waals surface area (Å²) in [5, 5.41) is 0. The van der Waals surface area contributed by atoms with E-state index in [1.165, 1.54) is 13.0 Å². The maximum absolute atomic E-state index is 12.7. The van der Waals surface area contributed by atoms with Crippen molar-refractivity contribution in [2.75, 3.05) is 6.61 Å². The van der Waals surface area contributed by atoms with Crippen LogP contribution in [0.1, 0.15) is 28.9 Å². The Morgan fingerprint density at radius 1 is 1.04 bits per heavy atom. The molecule has 2 aromatic rings. The second-order valence-electron chi connectivity index (χ2n) is 5.05. The van der Waals surface area contributed by atoms with Crippen molar-refractivity contribution < 1.29 is 23.9 Å². The van der Waals surface area contributed by atoms with Gasteiger partial charge in [0.2, 0.25) is 5.78 Å². The number of nitrogens with two attached hydrogens (primary N) is 1. The zero-order valence-corrected chi connectivity index (χ0v) is 13.1. The number of rotatable bonds is 7. The van der Waals surface area contributed by atoms with Crippen LogP contribution in [0.2, 0.25) is 0 Å². The molecule has 0 aliphatic carbocycles. The van der Waals surface area contributed by atoms with Crippen molar-refractivity contribution in [1.29, 1.82) is 0 Å². The summed E-state index contributed by atoms with van der Waals surface area (Å²) in [5.41, 5.74) is 5.91. The maximum atomic E-state index is 12.7. The number of amides is 1. The minimum absolute atomic E-state index is 0.283. The summed E-state index contributed by atoms with van der Waals surface area (Å²) >= 11 is 0. The normalized spacial score (nSPS) is 11.4. The molecule has 0 aromatic heterocycles. The van der Waals surface area contributed by atoms with Crippen molar-refractivity contribution >= 4 is 17.7 Å². The van der Waals surface area contributed by atoms with E-state index < -0.39 is 18.0 Å². The highest BCUT2D eigenvalue weighted by molar-refractivity contribution is 6.00. The number of primary amides is 1. The maximum Gasteiger partial charge on any atom is 0.303 e. The highest BCUT2D eigenvalue weighted by atomic mass is 16.5. The Morgan fingerprint density at radius 3 is 2.38 bits per heavy atom. The van der Waals surface area contributed by atoms with Gasteiger partial charge in [0.1, 0.15) is 5.75 Å². The summed E-state index contributed by atoms with van der Waals surface area (Å²) in [6.45, 7) is 0.951. The smallest absolute Gasteiger partial charge is 0.303 e. The lowest BCUT2D eigenvalue weighted by Crippen LogP contribution is -2.21. The van der Waals surface area contributed by atoms with Crippen LogP contribution in [0.3, 0.4) is 0 Å². The van der Waals surface area contributed by atoms with Gasteiger partial charge in [0.25, 0.3) is 5.91 Å². The van der Waals surface area contributed by atoms with E-state index in [9.17, 15) is 14.4 Å². The molecule has 0 heterocycles. The van der Waals surface area contributed by atoms with Gasteiger partial charge in [0, 0.05) is 18.1 Å². The summed E-state index contributed by atoms with van der Waals surface area (Å²) in [6.07, 6.45) is -1.10. The Bertz CT molecular complexity index is 742. The van der Waals surface area contributed by atoms with Crippen LogP contribution in [-0.4, -0.2) is 24.3 Å². The third kappa shape index (κ3) is 4.67. The molecule has 2 N–H and O–H groups in total. The SMILES string of the molecule is CC(=O)OC(C(=O)c1ccccc1)c1cccc(OCC(N)=O)c1. The first-order valence-corrected chi connectivity index (χ1v) is 7.25. The molecule has 1 amide bonds. The largest absolute Gasteiger partial charge is 0.484 e. The molecule has 2 aromatic carbocycles. The Morgan fingerprint density at radius 2 is 1.75 bits per heavy atom.